The van der Waals surface area contributed by atoms with Crippen LogP contribution in [0.1, 0.15) is 38.5 Å². The molecule has 0 aromatic carbocycles. The van der Waals surface area contributed by atoms with Gasteiger partial charge < -0.3 is 5.32 Å². The van der Waals surface area contributed by atoms with E-state index in [0.29, 0.717) is 24.8 Å². The van der Waals surface area contributed by atoms with Gasteiger partial charge in [-0.15, -0.1) is 0 Å². The van der Waals surface area contributed by atoms with Crippen molar-refractivity contribution in [3.63, 3.8) is 0 Å². The van der Waals surface area contributed by atoms with Crippen LogP contribution >= 0.6 is 0 Å². The molecule has 1 unspecified atom stereocenters. The van der Waals surface area contributed by atoms with Crippen LogP contribution in [0.25, 0.3) is 0 Å². The maximum atomic E-state index is 11.6. The highest BCUT2D eigenvalue weighted by molar-refractivity contribution is 5.80. The fourth-order valence-corrected chi connectivity index (χ4v) is 2.23. The fraction of sp³-hybridized carbons (Fsp3) is 0.833. The van der Waals surface area contributed by atoms with Crippen molar-refractivity contribution < 1.29 is 9.59 Å². The van der Waals surface area contributed by atoms with Gasteiger partial charge in [0.2, 0.25) is 5.91 Å². The van der Waals surface area contributed by atoms with Crippen molar-refractivity contribution in [2.24, 2.45) is 0 Å². The van der Waals surface area contributed by atoms with Crippen molar-refractivity contribution >= 4 is 11.7 Å². The van der Waals surface area contributed by atoms with Gasteiger partial charge in [0.25, 0.3) is 0 Å². The predicted octanol–water partition coefficient (Wildman–Crippen LogP) is 0.708. The summed E-state index contributed by atoms with van der Waals surface area (Å²) >= 11 is 0. The van der Waals surface area contributed by atoms with Gasteiger partial charge in [0, 0.05) is 24.9 Å². The molecular weight excluding hydrogens is 204 g/mol. The molecule has 2 saturated carbocycles. The minimum Gasteiger partial charge on any atom is -0.352 e. The number of likely N-dealkylation sites (N-methyl/N-ethyl adjacent to an activating group) is 1. The van der Waals surface area contributed by atoms with E-state index in [9.17, 15) is 9.59 Å². The van der Waals surface area contributed by atoms with Crippen molar-refractivity contribution in [2.75, 3.05) is 13.6 Å². The highest BCUT2D eigenvalue weighted by Crippen LogP contribution is 2.20. The predicted molar refractivity (Wildman–Crippen MR) is 61.1 cm³/mol. The Bertz CT molecular complexity index is 287. The van der Waals surface area contributed by atoms with Crippen molar-refractivity contribution in [1.82, 2.24) is 10.2 Å². The van der Waals surface area contributed by atoms with Gasteiger partial charge in [-0.3, -0.25) is 14.5 Å². The summed E-state index contributed by atoms with van der Waals surface area (Å²) in [5, 5.41) is 2.97. The van der Waals surface area contributed by atoms with Crippen LogP contribution in [0.3, 0.4) is 0 Å². The van der Waals surface area contributed by atoms with Crippen LogP contribution in [0.5, 0.6) is 0 Å². The molecule has 2 fully saturated rings. The molecule has 90 valence electrons. The molecule has 1 atom stereocenters. The van der Waals surface area contributed by atoms with Crippen LogP contribution in [0.2, 0.25) is 0 Å². The number of Topliss-reactive ketones (excluding diaryl/α,β-unsaturated/α-hetero) is 1. The molecule has 0 saturated heterocycles. The number of nitrogens with one attached hydrogen (secondary N) is 1. The van der Waals surface area contributed by atoms with Crippen LogP contribution in [0, 0.1) is 0 Å². The first-order valence-electron chi connectivity index (χ1n) is 6.16. The van der Waals surface area contributed by atoms with E-state index in [-0.39, 0.29) is 11.9 Å². The SMILES string of the molecule is CN(CC(=O)NC1CC1)C1CCCC(=O)C1. The summed E-state index contributed by atoms with van der Waals surface area (Å²) in [5.74, 6) is 0.439. The molecule has 0 spiro atoms. The van der Waals surface area contributed by atoms with E-state index >= 15 is 0 Å². The molecule has 0 aliphatic heterocycles. The normalized spacial score (nSPS) is 25.9. The lowest BCUT2D eigenvalue weighted by Gasteiger charge is -2.29. The van der Waals surface area contributed by atoms with Crippen molar-refractivity contribution in [2.45, 2.75) is 50.6 Å². The smallest absolute Gasteiger partial charge is 0.234 e. The van der Waals surface area contributed by atoms with Gasteiger partial charge in [0.05, 0.1) is 6.54 Å². The molecule has 0 aromatic heterocycles. The molecule has 0 bridgehead atoms. The van der Waals surface area contributed by atoms with Gasteiger partial charge in [-0.2, -0.15) is 0 Å². The molecule has 0 heterocycles. The lowest BCUT2D eigenvalue weighted by Crippen LogP contribution is -2.43. The van der Waals surface area contributed by atoms with Crippen LogP contribution in [0.4, 0.5) is 0 Å². The van der Waals surface area contributed by atoms with Gasteiger partial charge in [-0.25, -0.2) is 0 Å². The Balaban J connectivity index is 1.74. The maximum absolute atomic E-state index is 11.6. The monoisotopic (exact) mass is 224 g/mol. The minimum atomic E-state index is 0.100. The second-order valence-electron chi connectivity index (χ2n) is 5.05. The Kier molecular flexibility index (Phi) is 3.59. The van der Waals surface area contributed by atoms with Gasteiger partial charge >= 0.3 is 0 Å². The summed E-state index contributed by atoms with van der Waals surface area (Å²) in [6.45, 7) is 0.425. The number of rotatable bonds is 4. The zero-order chi connectivity index (χ0) is 11.5. The molecule has 0 radical (unpaired) electrons. The summed E-state index contributed by atoms with van der Waals surface area (Å²) in [4.78, 5) is 24.9. The number of hydrogen-bond donors (Lipinski definition) is 1. The molecular formula is C12H20N2O2. The van der Waals surface area contributed by atoms with Crippen LogP contribution in [0.15, 0.2) is 0 Å². The van der Waals surface area contributed by atoms with Crippen LogP contribution in [-0.2, 0) is 9.59 Å². The fourth-order valence-electron chi connectivity index (χ4n) is 2.23. The summed E-state index contributed by atoms with van der Waals surface area (Å²) in [6.07, 6.45) is 5.59. The zero-order valence-corrected chi connectivity index (χ0v) is 9.87. The Morgan fingerprint density at radius 1 is 1.44 bits per heavy atom. The highest BCUT2D eigenvalue weighted by atomic mass is 16.2. The van der Waals surface area contributed by atoms with Crippen molar-refractivity contribution in [3.8, 4) is 0 Å². The van der Waals surface area contributed by atoms with Gasteiger partial charge in [-0.1, -0.05) is 0 Å². The Labute approximate surface area is 96.4 Å². The summed E-state index contributed by atoms with van der Waals surface area (Å²) < 4.78 is 0. The maximum Gasteiger partial charge on any atom is 0.234 e. The van der Waals surface area contributed by atoms with E-state index in [4.69, 9.17) is 0 Å². The van der Waals surface area contributed by atoms with E-state index in [2.05, 4.69) is 5.32 Å². The first kappa shape index (κ1) is 11.6. The number of amides is 1. The number of ketones is 1. The van der Waals surface area contributed by atoms with E-state index in [1.165, 1.54) is 0 Å². The third kappa shape index (κ3) is 3.30. The van der Waals surface area contributed by atoms with Gasteiger partial charge in [0.1, 0.15) is 5.78 Å². The van der Waals surface area contributed by atoms with Crippen LogP contribution in [-0.4, -0.2) is 42.3 Å². The second-order valence-corrected chi connectivity index (χ2v) is 5.05. The average molecular weight is 224 g/mol. The lowest BCUT2D eigenvalue weighted by molar-refractivity contribution is -0.125. The number of carbonyl (C=O) groups excluding carboxylic acids is 2. The molecule has 16 heavy (non-hydrogen) atoms. The number of hydrogen-bond acceptors (Lipinski definition) is 3. The molecule has 1 N–H and O–H groups in total. The first-order chi connectivity index (χ1) is 7.65. The summed E-state index contributed by atoms with van der Waals surface area (Å²) in [6, 6.07) is 0.695. The van der Waals surface area contributed by atoms with Gasteiger partial charge in [0.15, 0.2) is 0 Å². The Hall–Kier alpha value is -0.900. The number of carbonyl (C=O) groups is 2. The number of nitrogens with zero attached hydrogens (tertiary/aromatic N) is 1. The highest BCUT2D eigenvalue weighted by Gasteiger charge is 2.27. The molecule has 1 amide bonds. The van der Waals surface area contributed by atoms with Gasteiger partial charge in [-0.05, 0) is 32.7 Å². The van der Waals surface area contributed by atoms with E-state index in [1.54, 1.807) is 0 Å². The third-order valence-electron chi connectivity index (χ3n) is 3.42. The minimum absolute atomic E-state index is 0.100. The molecule has 4 nitrogen and oxygen atoms in total. The first-order valence-corrected chi connectivity index (χ1v) is 6.16. The summed E-state index contributed by atoms with van der Waals surface area (Å²) in [5.41, 5.74) is 0. The molecule has 2 rings (SSSR count). The summed E-state index contributed by atoms with van der Waals surface area (Å²) in [7, 11) is 1.94. The topological polar surface area (TPSA) is 49.4 Å². The largest absolute Gasteiger partial charge is 0.352 e. The average Bonchev–Trinajstić information content (AvgIpc) is 3.01. The van der Waals surface area contributed by atoms with Crippen molar-refractivity contribution in [1.29, 1.82) is 0 Å². The Morgan fingerprint density at radius 3 is 2.81 bits per heavy atom. The molecule has 2 aliphatic rings. The third-order valence-corrected chi connectivity index (χ3v) is 3.42. The molecule has 0 aromatic rings. The van der Waals surface area contributed by atoms with E-state index in [1.807, 2.05) is 11.9 Å². The standard InChI is InChI=1S/C12H20N2O2/c1-14(8-12(16)13-9-5-6-9)10-3-2-4-11(15)7-10/h9-10H,2-8H2,1H3,(H,13,16). The van der Waals surface area contributed by atoms with Crippen molar-refractivity contribution in [3.05, 3.63) is 0 Å². The second kappa shape index (κ2) is 4.95. The molecule has 4 heteroatoms. The van der Waals surface area contributed by atoms with Crippen LogP contribution < -0.4 is 5.32 Å². The lowest BCUT2D eigenvalue weighted by atomic mass is 9.93. The van der Waals surface area contributed by atoms with E-state index < -0.39 is 0 Å². The molecule has 2 aliphatic carbocycles. The quantitative estimate of drug-likeness (QED) is 0.765. The Morgan fingerprint density at radius 2 is 2.19 bits per heavy atom. The van der Waals surface area contributed by atoms with E-state index in [0.717, 1.165) is 32.1 Å². The zero-order valence-electron chi connectivity index (χ0n) is 9.87.